The lowest BCUT2D eigenvalue weighted by molar-refractivity contribution is -0.391. The summed E-state index contributed by atoms with van der Waals surface area (Å²) in [5.41, 5.74) is -0.837. The van der Waals surface area contributed by atoms with E-state index in [-0.39, 0.29) is 15.6 Å². The topological polar surface area (TPSA) is 95.2 Å². The molecule has 1 aliphatic rings. The lowest BCUT2D eigenvalue weighted by Crippen LogP contribution is -2.44. The minimum Gasteiger partial charge on any atom is -0.468 e. The first-order valence-corrected chi connectivity index (χ1v) is 7.59. The van der Waals surface area contributed by atoms with Crippen LogP contribution >= 0.6 is 15.9 Å². The van der Waals surface area contributed by atoms with Crippen molar-refractivity contribution < 1.29 is 18.8 Å². The molecule has 23 heavy (non-hydrogen) atoms. The third kappa shape index (κ3) is 2.26. The normalized spacial score (nSPS) is 16.0. The lowest BCUT2D eigenvalue weighted by atomic mass is 9.63. The van der Waals surface area contributed by atoms with Crippen molar-refractivity contribution in [3.8, 4) is 0 Å². The van der Waals surface area contributed by atoms with E-state index in [2.05, 4.69) is 26.1 Å². The monoisotopic (exact) mass is 383 g/mol. The standard InChI is InChI=1S/C14H11BrFN3O4/c1-23-13(20)14(3-2-4-14)11-7-5-8(15)9(16)6-10(7)17-18-12(11)19(21)22/h5-6H,2-4H2,1H3. The largest absolute Gasteiger partial charge is 0.468 e. The molecule has 1 heterocycles. The van der Waals surface area contributed by atoms with Crippen LogP contribution in [0, 0.1) is 15.9 Å². The van der Waals surface area contributed by atoms with Gasteiger partial charge in [0.1, 0.15) is 16.7 Å². The fourth-order valence-corrected chi connectivity index (χ4v) is 3.32. The maximum atomic E-state index is 13.7. The molecule has 0 unspecified atom stereocenters. The predicted octanol–water partition coefficient (Wildman–Crippen LogP) is 3.03. The smallest absolute Gasteiger partial charge is 0.395 e. The molecule has 0 saturated heterocycles. The summed E-state index contributed by atoms with van der Waals surface area (Å²) in [4.78, 5) is 23.0. The van der Waals surface area contributed by atoms with Gasteiger partial charge < -0.3 is 14.9 Å². The number of methoxy groups -OCH3 is 1. The molecule has 2 aromatic rings. The SMILES string of the molecule is COC(=O)C1(c2c([N+](=O)[O-])nnc3cc(F)c(Br)cc23)CCC1. The van der Waals surface area contributed by atoms with E-state index in [9.17, 15) is 19.3 Å². The molecular formula is C14H11BrFN3O4. The lowest BCUT2D eigenvalue weighted by Gasteiger charge is -2.38. The van der Waals surface area contributed by atoms with Gasteiger partial charge in [-0.3, -0.25) is 4.79 Å². The van der Waals surface area contributed by atoms with Gasteiger partial charge in [-0.1, -0.05) is 6.42 Å². The Bertz CT molecular complexity index is 838. The number of hydrogen-bond acceptors (Lipinski definition) is 6. The number of aromatic nitrogens is 2. The Morgan fingerprint density at radius 2 is 2.13 bits per heavy atom. The summed E-state index contributed by atoms with van der Waals surface area (Å²) in [5.74, 6) is -1.62. The van der Waals surface area contributed by atoms with Gasteiger partial charge in [0.25, 0.3) is 0 Å². The zero-order valence-electron chi connectivity index (χ0n) is 12.0. The highest BCUT2D eigenvalue weighted by molar-refractivity contribution is 9.10. The Hall–Kier alpha value is -2.16. The maximum absolute atomic E-state index is 13.7. The third-order valence-corrected chi connectivity index (χ3v) is 4.83. The van der Waals surface area contributed by atoms with E-state index >= 15 is 0 Å². The van der Waals surface area contributed by atoms with Crippen LogP contribution in [0.4, 0.5) is 10.2 Å². The van der Waals surface area contributed by atoms with Crippen molar-refractivity contribution in [2.45, 2.75) is 24.7 Å². The van der Waals surface area contributed by atoms with Crippen LogP contribution in [0.15, 0.2) is 16.6 Å². The zero-order valence-corrected chi connectivity index (χ0v) is 13.6. The fourth-order valence-electron chi connectivity index (χ4n) is 2.97. The van der Waals surface area contributed by atoms with E-state index in [1.807, 2.05) is 0 Å². The molecule has 0 radical (unpaired) electrons. The molecule has 1 fully saturated rings. The van der Waals surface area contributed by atoms with Crippen LogP contribution in [-0.4, -0.2) is 28.2 Å². The number of nitrogens with zero attached hydrogens (tertiary/aromatic N) is 3. The molecule has 0 aliphatic heterocycles. The van der Waals surface area contributed by atoms with Crippen molar-refractivity contribution >= 4 is 38.6 Å². The highest BCUT2D eigenvalue weighted by atomic mass is 79.9. The molecule has 7 nitrogen and oxygen atoms in total. The quantitative estimate of drug-likeness (QED) is 0.459. The second kappa shape index (κ2) is 5.48. The Labute approximate surface area is 138 Å². The van der Waals surface area contributed by atoms with Crippen molar-refractivity contribution in [3.63, 3.8) is 0 Å². The van der Waals surface area contributed by atoms with Crippen molar-refractivity contribution in [1.29, 1.82) is 0 Å². The Balaban J connectivity index is 2.40. The minimum absolute atomic E-state index is 0.132. The first-order chi connectivity index (χ1) is 10.9. The van der Waals surface area contributed by atoms with E-state index in [4.69, 9.17) is 4.74 Å². The number of hydrogen-bond donors (Lipinski definition) is 0. The Morgan fingerprint density at radius 3 is 2.65 bits per heavy atom. The number of carbonyl (C=O) groups excluding carboxylic acids is 1. The molecule has 0 atom stereocenters. The van der Waals surface area contributed by atoms with E-state index in [0.29, 0.717) is 18.2 Å². The first-order valence-electron chi connectivity index (χ1n) is 6.79. The van der Waals surface area contributed by atoms with Crippen LogP contribution in [0.5, 0.6) is 0 Å². The van der Waals surface area contributed by atoms with E-state index in [1.165, 1.54) is 13.2 Å². The minimum atomic E-state index is -1.14. The molecule has 1 aromatic heterocycles. The molecule has 3 rings (SSSR count). The molecule has 0 amide bonds. The summed E-state index contributed by atoms with van der Waals surface area (Å²) in [6.07, 6.45) is 1.56. The van der Waals surface area contributed by atoms with Crippen molar-refractivity contribution in [3.05, 3.63) is 38.1 Å². The first kappa shape index (κ1) is 15.7. The summed E-state index contributed by atoms with van der Waals surface area (Å²) in [7, 11) is 1.24. The Kier molecular flexibility index (Phi) is 3.75. The van der Waals surface area contributed by atoms with Crippen molar-refractivity contribution in [1.82, 2.24) is 10.2 Å². The molecule has 1 aliphatic carbocycles. The maximum Gasteiger partial charge on any atom is 0.395 e. The number of ether oxygens (including phenoxy) is 1. The summed E-state index contributed by atoms with van der Waals surface area (Å²) in [6.45, 7) is 0. The van der Waals surface area contributed by atoms with Gasteiger partial charge >= 0.3 is 11.8 Å². The predicted molar refractivity (Wildman–Crippen MR) is 81.4 cm³/mol. The molecule has 9 heteroatoms. The highest BCUT2D eigenvalue weighted by Gasteiger charge is 2.52. The van der Waals surface area contributed by atoms with Crippen LogP contribution < -0.4 is 0 Å². The molecule has 1 aromatic carbocycles. The van der Waals surface area contributed by atoms with Gasteiger partial charge in [0.15, 0.2) is 0 Å². The van der Waals surface area contributed by atoms with Crippen LogP contribution in [0.25, 0.3) is 10.9 Å². The van der Waals surface area contributed by atoms with Crippen LogP contribution in [0.2, 0.25) is 0 Å². The molecule has 1 saturated carbocycles. The average Bonchev–Trinajstić information content (AvgIpc) is 2.47. The van der Waals surface area contributed by atoms with E-state index in [1.54, 1.807) is 0 Å². The van der Waals surface area contributed by atoms with Crippen molar-refractivity contribution in [2.24, 2.45) is 0 Å². The fraction of sp³-hybridized carbons (Fsp3) is 0.357. The van der Waals surface area contributed by atoms with Gasteiger partial charge in [0.2, 0.25) is 0 Å². The van der Waals surface area contributed by atoms with Crippen LogP contribution in [0.1, 0.15) is 24.8 Å². The van der Waals surface area contributed by atoms with E-state index < -0.39 is 27.9 Å². The Morgan fingerprint density at radius 1 is 1.43 bits per heavy atom. The van der Waals surface area contributed by atoms with Crippen molar-refractivity contribution in [2.75, 3.05) is 7.11 Å². The second-order valence-corrected chi connectivity index (χ2v) is 6.22. The zero-order chi connectivity index (χ0) is 16.8. The molecule has 0 spiro atoms. The van der Waals surface area contributed by atoms with Gasteiger partial charge in [-0.25, -0.2) is 4.39 Å². The van der Waals surface area contributed by atoms with Crippen LogP contribution in [0.3, 0.4) is 0 Å². The number of nitro groups is 1. The molecule has 120 valence electrons. The van der Waals surface area contributed by atoms with Gasteiger partial charge in [-0.05, 0) is 44.9 Å². The summed E-state index contributed by atoms with van der Waals surface area (Å²) in [5, 5.41) is 19.0. The summed E-state index contributed by atoms with van der Waals surface area (Å²) < 4.78 is 18.7. The number of benzene rings is 1. The van der Waals surface area contributed by atoms with Gasteiger partial charge in [-0.15, -0.1) is 0 Å². The molecular weight excluding hydrogens is 373 g/mol. The number of carbonyl (C=O) groups is 1. The van der Waals surface area contributed by atoms with Crippen LogP contribution in [-0.2, 0) is 14.9 Å². The summed E-state index contributed by atoms with van der Waals surface area (Å²) in [6, 6.07) is 2.52. The number of halogens is 2. The highest BCUT2D eigenvalue weighted by Crippen LogP contribution is 2.49. The third-order valence-electron chi connectivity index (χ3n) is 4.22. The molecule has 0 N–H and O–H groups in total. The number of esters is 1. The van der Waals surface area contributed by atoms with Gasteiger partial charge in [0, 0.05) is 11.5 Å². The van der Waals surface area contributed by atoms with Gasteiger partial charge in [-0.2, -0.15) is 0 Å². The number of fused-ring (bicyclic) bond motifs is 1. The van der Waals surface area contributed by atoms with E-state index in [0.717, 1.165) is 12.5 Å². The second-order valence-electron chi connectivity index (χ2n) is 5.37. The number of rotatable bonds is 3. The average molecular weight is 384 g/mol. The summed E-state index contributed by atoms with van der Waals surface area (Å²) >= 11 is 3.06. The molecule has 0 bridgehead atoms. The van der Waals surface area contributed by atoms with Gasteiger partial charge in [0.05, 0.1) is 22.2 Å².